The molecule has 1 heterocycles. The van der Waals surface area contributed by atoms with E-state index in [1.54, 1.807) is 0 Å². The molecule has 1 atom stereocenters. The highest BCUT2D eigenvalue weighted by molar-refractivity contribution is 9.10. The first-order valence-electron chi connectivity index (χ1n) is 7.05. The van der Waals surface area contributed by atoms with E-state index in [1.165, 1.54) is 0 Å². The van der Waals surface area contributed by atoms with Gasteiger partial charge in [-0.1, -0.05) is 20.8 Å². The van der Waals surface area contributed by atoms with Gasteiger partial charge in [-0.2, -0.15) is 0 Å². The zero-order valence-corrected chi connectivity index (χ0v) is 13.9. The smallest absolute Gasteiger partial charge is 0.148 e. The maximum Gasteiger partial charge on any atom is 0.148 e. The lowest BCUT2D eigenvalue weighted by molar-refractivity contribution is 0.136. The number of rotatable bonds is 8. The van der Waals surface area contributed by atoms with E-state index < -0.39 is 0 Å². The Balaban J connectivity index is 2.90. The lowest BCUT2D eigenvalue weighted by atomic mass is 10.2. The molecule has 0 unspecified atom stereocenters. The number of hydrogen-bond acceptors (Lipinski definition) is 4. The lowest BCUT2D eigenvalue weighted by Crippen LogP contribution is -2.26. The Morgan fingerprint density at radius 2 is 1.79 bits per heavy atom. The van der Waals surface area contributed by atoms with Crippen molar-refractivity contribution >= 4 is 21.7 Å². The molecule has 0 saturated carbocycles. The van der Waals surface area contributed by atoms with Gasteiger partial charge in [0.05, 0.1) is 24.0 Å². The van der Waals surface area contributed by atoms with Gasteiger partial charge in [0, 0.05) is 6.61 Å². The zero-order chi connectivity index (χ0) is 14.3. The van der Waals surface area contributed by atoms with Crippen LogP contribution in [0.3, 0.4) is 0 Å². The van der Waals surface area contributed by atoms with E-state index in [-0.39, 0.29) is 6.04 Å². The Bertz CT molecular complexity index is 399. The topological polar surface area (TPSA) is 47.0 Å². The van der Waals surface area contributed by atoms with Gasteiger partial charge in [-0.05, 0) is 42.1 Å². The number of anilines is 1. The molecule has 0 fully saturated rings. The Morgan fingerprint density at radius 3 is 2.32 bits per heavy atom. The van der Waals surface area contributed by atoms with Crippen LogP contribution < -0.4 is 5.32 Å². The van der Waals surface area contributed by atoms with Crippen molar-refractivity contribution in [1.82, 2.24) is 9.97 Å². The summed E-state index contributed by atoms with van der Waals surface area (Å²) in [6.45, 7) is 9.78. The predicted molar refractivity (Wildman–Crippen MR) is 82.7 cm³/mol. The molecular weight excluding hydrogens is 306 g/mol. The molecule has 0 aliphatic carbocycles. The summed E-state index contributed by atoms with van der Waals surface area (Å²) in [5.74, 6) is 0.897. The fraction of sp³-hybridized carbons (Fsp3) is 0.714. The fourth-order valence-electron chi connectivity index (χ4n) is 1.78. The van der Waals surface area contributed by atoms with Gasteiger partial charge in [0.25, 0.3) is 0 Å². The van der Waals surface area contributed by atoms with Crippen LogP contribution in [0, 0.1) is 0 Å². The van der Waals surface area contributed by atoms with Crippen LogP contribution in [0.2, 0.25) is 0 Å². The molecule has 1 N–H and O–H groups in total. The number of aryl methyl sites for hydroxylation is 2. The van der Waals surface area contributed by atoms with Crippen molar-refractivity contribution in [2.45, 2.75) is 53.0 Å². The number of nitrogens with zero attached hydrogens (tertiary/aromatic N) is 2. The highest BCUT2D eigenvalue weighted by Gasteiger charge is 2.13. The van der Waals surface area contributed by atoms with Gasteiger partial charge >= 0.3 is 0 Å². The molecule has 4 nitrogen and oxygen atoms in total. The molecule has 0 aliphatic rings. The summed E-state index contributed by atoms with van der Waals surface area (Å²) < 4.78 is 6.35. The monoisotopic (exact) mass is 329 g/mol. The molecule has 0 bridgehead atoms. The quantitative estimate of drug-likeness (QED) is 0.791. The molecule has 0 amide bonds. The van der Waals surface area contributed by atoms with Crippen molar-refractivity contribution < 1.29 is 4.74 Å². The molecule has 1 aromatic rings. The highest BCUT2D eigenvalue weighted by Crippen LogP contribution is 2.20. The Labute approximate surface area is 124 Å². The SMILES string of the molecule is CCOC[C@H](CC)Nc1nc(CC)c(Br)nc1CC. The van der Waals surface area contributed by atoms with E-state index in [9.17, 15) is 0 Å². The van der Waals surface area contributed by atoms with Gasteiger partial charge in [-0.25, -0.2) is 9.97 Å². The van der Waals surface area contributed by atoms with E-state index in [0.29, 0.717) is 6.61 Å². The minimum atomic E-state index is 0.283. The van der Waals surface area contributed by atoms with E-state index >= 15 is 0 Å². The van der Waals surface area contributed by atoms with Crippen molar-refractivity contribution in [3.8, 4) is 0 Å². The standard InChI is InChI=1S/C14H24BrN3O/c1-5-10(9-19-8-4)16-14-12(7-3)17-13(15)11(6-2)18-14/h10H,5-9H2,1-4H3,(H,16,18)/t10-/m0/s1. The average Bonchev–Trinajstić information content (AvgIpc) is 2.44. The maximum atomic E-state index is 5.49. The predicted octanol–water partition coefficient (Wildman–Crippen LogP) is 3.59. The van der Waals surface area contributed by atoms with E-state index in [2.05, 4.69) is 52.0 Å². The molecule has 1 rings (SSSR count). The average molecular weight is 330 g/mol. The molecule has 0 aliphatic heterocycles. The number of hydrogen-bond donors (Lipinski definition) is 1. The van der Waals surface area contributed by atoms with Crippen LogP contribution >= 0.6 is 15.9 Å². The summed E-state index contributed by atoms with van der Waals surface area (Å²) in [6, 6.07) is 0.283. The van der Waals surface area contributed by atoms with Crippen molar-refractivity contribution in [2.75, 3.05) is 18.5 Å². The maximum absolute atomic E-state index is 5.49. The first-order chi connectivity index (χ1) is 9.15. The fourth-order valence-corrected chi connectivity index (χ4v) is 2.37. The summed E-state index contributed by atoms with van der Waals surface area (Å²) in [5, 5.41) is 3.47. The molecule has 0 saturated heterocycles. The summed E-state index contributed by atoms with van der Waals surface area (Å²) in [5.41, 5.74) is 1.99. The van der Waals surface area contributed by atoms with Crippen LogP contribution in [0.5, 0.6) is 0 Å². The van der Waals surface area contributed by atoms with Crippen LogP contribution in [0.1, 0.15) is 45.5 Å². The van der Waals surface area contributed by atoms with Crippen molar-refractivity contribution in [1.29, 1.82) is 0 Å². The number of aromatic nitrogens is 2. The van der Waals surface area contributed by atoms with E-state index in [4.69, 9.17) is 4.74 Å². The highest BCUT2D eigenvalue weighted by atomic mass is 79.9. The van der Waals surface area contributed by atoms with Crippen LogP contribution in [0.4, 0.5) is 5.82 Å². The van der Waals surface area contributed by atoms with E-state index in [1.807, 2.05) is 6.92 Å². The number of ether oxygens (including phenoxy) is 1. The van der Waals surface area contributed by atoms with Crippen LogP contribution in [0.25, 0.3) is 0 Å². The van der Waals surface area contributed by atoms with Gasteiger partial charge in [0.2, 0.25) is 0 Å². The molecule has 5 heteroatoms. The first-order valence-corrected chi connectivity index (χ1v) is 7.84. The Hall–Kier alpha value is -0.680. The van der Waals surface area contributed by atoms with Gasteiger partial charge in [-0.15, -0.1) is 0 Å². The molecule has 108 valence electrons. The minimum absolute atomic E-state index is 0.283. The molecule has 0 radical (unpaired) electrons. The van der Waals surface area contributed by atoms with Gasteiger partial charge < -0.3 is 10.1 Å². The van der Waals surface area contributed by atoms with Crippen molar-refractivity contribution in [3.05, 3.63) is 16.0 Å². The number of nitrogens with one attached hydrogen (secondary N) is 1. The summed E-state index contributed by atoms with van der Waals surface area (Å²) in [7, 11) is 0. The van der Waals surface area contributed by atoms with E-state index in [0.717, 1.165) is 47.7 Å². The third-order valence-electron chi connectivity index (χ3n) is 3.02. The van der Waals surface area contributed by atoms with Crippen molar-refractivity contribution in [3.63, 3.8) is 0 Å². The summed E-state index contributed by atoms with van der Waals surface area (Å²) >= 11 is 3.48. The van der Waals surface area contributed by atoms with Crippen LogP contribution in [-0.2, 0) is 17.6 Å². The normalized spacial score (nSPS) is 12.5. The first kappa shape index (κ1) is 16.4. The molecule has 0 spiro atoms. The van der Waals surface area contributed by atoms with Crippen LogP contribution in [0.15, 0.2) is 4.60 Å². The summed E-state index contributed by atoms with van der Waals surface area (Å²) in [4.78, 5) is 9.26. The van der Waals surface area contributed by atoms with Crippen molar-refractivity contribution in [2.24, 2.45) is 0 Å². The lowest BCUT2D eigenvalue weighted by Gasteiger charge is -2.19. The molecule has 1 aromatic heterocycles. The summed E-state index contributed by atoms with van der Waals surface area (Å²) in [6.07, 6.45) is 2.74. The molecule has 0 aromatic carbocycles. The second-order valence-electron chi connectivity index (χ2n) is 4.37. The molecular formula is C14H24BrN3O. The van der Waals surface area contributed by atoms with Gasteiger partial charge in [0.15, 0.2) is 0 Å². The second kappa shape index (κ2) is 8.48. The van der Waals surface area contributed by atoms with Crippen LogP contribution in [-0.4, -0.2) is 29.2 Å². The minimum Gasteiger partial charge on any atom is -0.380 e. The Morgan fingerprint density at radius 1 is 1.11 bits per heavy atom. The zero-order valence-electron chi connectivity index (χ0n) is 12.3. The molecule has 19 heavy (non-hydrogen) atoms. The number of halogens is 1. The largest absolute Gasteiger partial charge is 0.380 e. The van der Waals surface area contributed by atoms with Gasteiger partial charge in [-0.3, -0.25) is 0 Å². The second-order valence-corrected chi connectivity index (χ2v) is 5.12. The Kier molecular flexibility index (Phi) is 7.31. The third kappa shape index (κ3) is 4.73. The van der Waals surface area contributed by atoms with Gasteiger partial charge in [0.1, 0.15) is 10.4 Å². The third-order valence-corrected chi connectivity index (χ3v) is 3.65.